The van der Waals surface area contributed by atoms with E-state index in [1.807, 2.05) is 6.07 Å². The lowest BCUT2D eigenvalue weighted by Crippen LogP contribution is -2.04. The van der Waals surface area contributed by atoms with E-state index in [1.54, 1.807) is 19.1 Å². The molecule has 0 spiro atoms. The van der Waals surface area contributed by atoms with Gasteiger partial charge in [-0.2, -0.15) is 0 Å². The Balaban J connectivity index is 2.82. The number of nitrogens with one attached hydrogen (secondary N) is 1. The molecule has 0 aliphatic carbocycles. The molecule has 1 aromatic carbocycles. The predicted octanol–water partition coefficient (Wildman–Crippen LogP) is 2.27. The van der Waals surface area contributed by atoms with Crippen LogP contribution in [0.5, 0.6) is 5.75 Å². The second kappa shape index (κ2) is 3.85. The first-order valence-electron chi connectivity index (χ1n) is 5.09. The van der Waals surface area contributed by atoms with Crippen molar-refractivity contribution < 1.29 is 5.11 Å². The summed E-state index contributed by atoms with van der Waals surface area (Å²) in [7, 11) is 0. The van der Waals surface area contributed by atoms with Crippen LogP contribution in [-0.4, -0.2) is 10.1 Å². The number of fused-ring (bicyclic) bond motifs is 1. The Hall–Kier alpha value is -2.03. The van der Waals surface area contributed by atoms with Crippen LogP contribution in [0.4, 0.5) is 0 Å². The number of aromatic amines is 1. The minimum absolute atomic E-state index is 0.161. The maximum absolute atomic E-state index is 11.2. The maximum Gasteiger partial charge on any atom is 0.248 e. The molecule has 0 aliphatic heterocycles. The minimum Gasteiger partial charge on any atom is -0.507 e. The number of H-pyrrole nitrogens is 1. The fourth-order valence-corrected chi connectivity index (χ4v) is 1.84. The molecule has 3 nitrogen and oxygen atoms in total. The van der Waals surface area contributed by atoms with Crippen molar-refractivity contribution in [2.75, 3.05) is 0 Å². The lowest BCUT2D eigenvalue weighted by molar-refractivity contribution is 0.466. The van der Waals surface area contributed by atoms with Gasteiger partial charge in [0.25, 0.3) is 0 Å². The first-order chi connectivity index (χ1) is 7.63. The summed E-state index contributed by atoms with van der Waals surface area (Å²) in [4.78, 5) is 13.9. The standard InChI is InChI=1S/C13H13NO2/c1-3-4-10-7-9-5-6-11(15)14-12(9)8(2)13(10)16/h3,5-7,16H,1,4H2,2H3,(H,14,15). The van der Waals surface area contributed by atoms with Gasteiger partial charge in [-0.1, -0.05) is 6.08 Å². The van der Waals surface area contributed by atoms with Crippen molar-refractivity contribution in [1.29, 1.82) is 0 Å². The Labute approximate surface area is 93.1 Å². The SMILES string of the molecule is C=CCc1cc2ccc(=O)[nH]c2c(C)c1O. The Morgan fingerprint density at radius 2 is 2.25 bits per heavy atom. The molecular formula is C13H13NO2. The quantitative estimate of drug-likeness (QED) is 0.755. The summed E-state index contributed by atoms with van der Waals surface area (Å²) in [5, 5.41) is 10.9. The first-order valence-corrected chi connectivity index (χ1v) is 5.09. The molecule has 0 amide bonds. The number of pyridine rings is 1. The zero-order chi connectivity index (χ0) is 11.7. The summed E-state index contributed by atoms with van der Waals surface area (Å²) in [5.74, 6) is 0.231. The van der Waals surface area contributed by atoms with Gasteiger partial charge in [-0.15, -0.1) is 6.58 Å². The lowest BCUT2D eigenvalue weighted by atomic mass is 10.0. The number of aromatic hydroxyl groups is 1. The van der Waals surface area contributed by atoms with Crippen LogP contribution in [0.3, 0.4) is 0 Å². The second-order valence-electron chi connectivity index (χ2n) is 3.79. The van der Waals surface area contributed by atoms with E-state index >= 15 is 0 Å². The van der Waals surface area contributed by atoms with E-state index in [9.17, 15) is 9.90 Å². The number of benzene rings is 1. The fourth-order valence-electron chi connectivity index (χ4n) is 1.84. The van der Waals surface area contributed by atoms with Gasteiger partial charge in [-0.3, -0.25) is 4.79 Å². The van der Waals surface area contributed by atoms with Crippen LogP contribution in [0.15, 0.2) is 35.6 Å². The van der Waals surface area contributed by atoms with E-state index in [-0.39, 0.29) is 11.3 Å². The second-order valence-corrected chi connectivity index (χ2v) is 3.79. The molecule has 1 heterocycles. The van der Waals surface area contributed by atoms with Gasteiger partial charge in [-0.25, -0.2) is 0 Å². The van der Waals surface area contributed by atoms with Gasteiger partial charge in [0.15, 0.2) is 0 Å². The van der Waals surface area contributed by atoms with E-state index in [4.69, 9.17) is 0 Å². The third kappa shape index (κ3) is 1.60. The van der Waals surface area contributed by atoms with Gasteiger partial charge in [-0.05, 0) is 36.4 Å². The third-order valence-electron chi connectivity index (χ3n) is 2.68. The molecule has 2 N–H and O–H groups in total. The summed E-state index contributed by atoms with van der Waals surface area (Å²) in [6.07, 6.45) is 2.35. The molecule has 82 valence electrons. The predicted molar refractivity (Wildman–Crippen MR) is 64.9 cm³/mol. The molecule has 2 rings (SSSR count). The highest BCUT2D eigenvalue weighted by molar-refractivity contribution is 5.84. The fraction of sp³-hybridized carbons (Fsp3) is 0.154. The van der Waals surface area contributed by atoms with Gasteiger partial charge in [0, 0.05) is 11.6 Å². The van der Waals surface area contributed by atoms with E-state index in [0.717, 1.165) is 10.9 Å². The molecule has 0 fully saturated rings. The average Bonchev–Trinajstić information content (AvgIpc) is 2.27. The van der Waals surface area contributed by atoms with Crippen LogP contribution in [0.25, 0.3) is 10.9 Å². The number of phenols is 1. The molecule has 0 radical (unpaired) electrons. The molecular weight excluding hydrogens is 202 g/mol. The van der Waals surface area contributed by atoms with Crippen molar-refractivity contribution in [3.05, 3.63) is 52.3 Å². The van der Waals surface area contributed by atoms with E-state index in [2.05, 4.69) is 11.6 Å². The zero-order valence-corrected chi connectivity index (χ0v) is 9.08. The Morgan fingerprint density at radius 1 is 1.50 bits per heavy atom. The summed E-state index contributed by atoms with van der Waals surface area (Å²) in [6.45, 7) is 5.44. The van der Waals surface area contributed by atoms with Gasteiger partial charge < -0.3 is 10.1 Å². The van der Waals surface area contributed by atoms with Gasteiger partial charge in [0.2, 0.25) is 5.56 Å². The van der Waals surface area contributed by atoms with Crippen molar-refractivity contribution in [2.45, 2.75) is 13.3 Å². The zero-order valence-electron chi connectivity index (χ0n) is 9.08. The van der Waals surface area contributed by atoms with Gasteiger partial charge in [0.1, 0.15) is 5.75 Å². The monoisotopic (exact) mass is 215 g/mol. The molecule has 0 aliphatic rings. The molecule has 0 atom stereocenters. The van der Waals surface area contributed by atoms with Crippen LogP contribution in [0, 0.1) is 6.92 Å². The molecule has 2 aromatic rings. The number of aromatic nitrogens is 1. The molecule has 1 aromatic heterocycles. The Bertz CT molecular complexity index is 611. The number of rotatable bonds is 2. The molecule has 16 heavy (non-hydrogen) atoms. The normalized spacial score (nSPS) is 10.6. The molecule has 0 saturated carbocycles. The molecule has 0 unspecified atom stereocenters. The van der Waals surface area contributed by atoms with Crippen LogP contribution < -0.4 is 5.56 Å². The first kappa shape index (κ1) is 10.5. The van der Waals surface area contributed by atoms with Crippen LogP contribution >= 0.6 is 0 Å². The number of allylic oxidation sites excluding steroid dienone is 1. The number of hydrogen-bond acceptors (Lipinski definition) is 2. The topological polar surface area (TPSA) is 53.1 Å². The summed E-state index contributed by atoms with van der Waals surface area (Å²) in [5.41, 5.74) is 2.06. The van der Waals surface area contributed by atoms with Crippen molar-refractivity contribution in [2.24, 2.45) is 0 Å². The van der Waals surface area contributed by atoms with Crippen LogP contribution in [0.2, 0.25) is 0 Å². The van der Waals surface area contributed by atoms with Crippen molar-refractivity contribution in [3.63, 3.8) is 0 Å². The number of phenolic OH excluding ortho intramolecular Hbond substituents is 1. The summed E-state index contributed by atoms with van der Waals surface area (Å²) < 4.78 is 0. The van der Waals surface area contributed by atoms with Crippen molar-refractivity contribution in [1.82, 2.24) is 4.98 Å². The van der Waals surface area contributed by atoms with Gasteiger partial charge >= 0.3 is 0 Å². The van der Waals surface area contributed by atoms with Crippen LogP contribution in [-0.2, 0) is 6.42 Å². The molecule has 0 saturated heterocycles. The third-order valence-corrected chi connectivity index (χ3v) is 2.68. The summed E-state index contributed by atoms with van der Waals surface area (Å²) in [6, 6.07) is 5.11. The Morgan fingerprint density at radius 3 is 2.94 bits per heavy atom. The van der Waals surface area contributed by atoms with Crippen molar-refractivity contribution >= 4 is 10.9 Å². The minimum atomic E-state index is -0.161. The highest BCUT2D eigenvalue weighted by Gasteiger charge is 2.08. The number of aryl methyl sites for hydroxylation is 1. The largest absolute Gasteiger partial charge is 0.507 e. The highest BCUT2D eigenvalue weighted by Crippen LogP contribution is 2.29. The number of hydrogen-bond donors (Lipinski definition) is 2. The van der Waals surface area contributed by atoms with Crippen LogP contribution in [0.1, 0.15) is 11.1 Å². The van der Waals surface area contributed by atoms with Gasteiger partial charge in [0.05, 0.1) is 5.52 Å². The smallest absolute Gasteiger partial charge is 0.248 e. The van der Waals surface area contributed by atoms with E-state index in [0.29, 0.717) is 17.5 Å². The lowest BCUT2D eigenvalue weighted by Gasteiger charge is -2.09. The summed E-state index contributed by atoms with van der Waals surface area (Å²) >= 11 is 0. The van der Waals surface area contributed by atoms with Crippen molar-refractivity contribution in [3.8, 4) is 5.75 Å². The maximum atomic E-state index is 11.2. The average molecular weight is 215 g/mol. The molecule has 0 bridgehead atoms. The van der Waals surface area contributed by atoms with E-state index in [1.165, 1.54) is 6.07 Å². The molecule has 3 heteroatoms. The highest BCUT2D eigenvalue weighted by atomic mass is 16.3. The van der Waals surface area contributed by atoms with E-state index < -0.39 is 0 Å². The Kier molecular flexibility index (Phi) is 2.52.